The third kappa shape index (κ3) is 2.33. The van der Waals surface area contributed by atoms with Crippen LogP contribution in [0.4, 0.5) is 0 Å². The van der Waals surface area contributed by atoms with E-state index in [0.29, 0.717) is 5.57 Å². The van der Waals surface area contributed by atoms with Gasteiger partial charge in [0.1, 0.15) is 0 Å². The Labute approximate surface area is 132 Å². The molecule has 2 heteroatoms. The number of fused-ring (bicyclic) bond motifs is 1. The normalized spacial score (nSPS) is 15.9. The predicted octanol–water partition coefficient (Wildman–Crippen LogP) is 4.92. The number of allylic oxidation sites excluding steroid dienone is 5. The number of benzene rings is 1. The SMILES string of the molecule is CCCC1=C(CCC)C1=C1C=C(C(=O)OC)c2ccccc21. The van der Waals surface area contributed by atoms with Gasteiger partial charge >= 0.3 is 5.97 Å². The Hall–Kier alpha value is -2.09. The molecule has 0 atom stereocenters. The maximum Gasteiger partial charge on any atom is 0.338 e. The lowest BCUT2D eigenvalue weighted by atomic mass is 10.0. The molecule has 22 heavy (non-hydrogen) atoms. The fourth-order valence-corrected chi connectivity index (χ4v) is 3.39. The Morgan fingerprint density at radius 3 is 2.14 bits per heavy atom. The zero-order valence-corrected chi connectivity index (χ0v) is 13.5. The number of methoxy groups -OCH3 is 1. The Balaban J connectivity index is 2.07. The van der Waals surface area contributed by atoms with E-state index in [2.05, 4.69) is 19.9 Å². The monoisotopic (exact) mass is 294 g/mol. The molecule has 0 aliphatic heterocycles. The van der Waals surface area contributed by atoms with Crippen LogP contribution in [0.1, 0.15) is 50.7 Å². The van der Waals surface area contributed by atoms with Crippen molar-refractivity contribution < 1.29 is 9.53 Å². The van der Waals surface area contributed by atoms with Crippen molar-refractivity contribution in [3.8, 4) is 0 Å². The van der Waals surface area contributed by atoms with Crippen LogP contribution < -0.4 is 0 Å². The van der Waals surface area contributed by atoms with Crippen LogP contribution in [-0.2, 0) is 9.53 Å². The Morgan fingerprint density at radius 2 is 1.59 bits per heavy atom. The van der Waals surface area contributed by atoms with Gasteiger partial charge in [0.2, 0.25) is 0 Å². The molecule has 0 fully saturated rings. The van der Waals surface area contributed by atoms with E-state index in [0.717, 1.165) is 36.8 Å². The van der Waals surface area contributed by atoms with Crippen molar-refractivity contribution in [1.29, 1.82) is 0 Å². The van der Waals surface area contributed by atoms with Gasteiger partial charge in [-0.15, -0.1) is 0 Å². The molecule has 0 saturated heterocycles. The van der Waals surface area contributed by atoms with Gasteiger partial charge in [-0.05, 0) is 52.3 Å². The Morgan fingerprint density at radius 1 is 1.00 bits per heavy atom. The number of rotatable bonds is 5. The standard InChI is InChI=1S/C20H22O2/c1-4-8-15-16(9-5-2)19(15)17-12-18(20(21)22-3)14-11-7-6-10-13(14)17/h6-7,10-12H,4-5,8-9H2,1-3H3. The molecule has 1 aromatic carbocycles. The largest absolute Gasteiger partial charge is 0.465 e. The van der Waals surface area contributed by atoms with E-state index in [9.17, 15) is 4.79 Å². The molecule has 114 valence electrons. The van der Waals surface area contributed by atoms with Crippen LogP contribution in [0.3, 0.4) is 0 Å². The molecule has 0 radical (unpaired) electrons. The molecule has 3 rings (SSSR count). The van der Waals surface area contributed by atoms with E-state index in [1.807, 2.05) is 24.3 Å². The summed E-state index contributed by atoms with van der Waals surface area (Å²) < 4.78 is 4.94. The number of ether oxygens (including phenoxy) is 1. The Kier molecular flexibility index (Phi) is 4.02. The quantitative estimate of drug-likeness (QED) is 0.720. The first-order valence-corrected chi connectivity index (χ1v) is 8.09. The number of esters is 1. The summed E-state index contributed by atoms with van der Waals surface area (Å²) in [6.07, 6.45) is 6.61. The molecule has 2 aliphatic rings. The highest BCUT2D eigenvalue weighted by Crippen LogP contribution is 2.52. The third-order valence-corrected chi connectivity index (χ3v) is 4.38. The minimum Gasteiger partial charge on any atom is -0.465 e. The van der Waals surface area contributed by atoms with Crippen LogP contribution >= 0.6 is 0 Å². The minimum atomic E-state index is -0.252. The summed E-state index contributed by atoms with van der Waals surface area (Å²) in [5.41, 5.74) is 8.47. The number of hydrogen-bond acceptors (Lipinski definition) is 2. The molecule has 0 N–H and O–H groups in total. The third-order valence-electron chi connectivity index (χ3n) is 4.38. The average Bonchev–Trinajstić information content (AvgIpc) is 3.06. The predicted molar refractivity (Wildman–Crippen MR) is 90.2 cm³/mol. The lowest BCUT2D eigenvalue weighted by Crippen LogP contribution is -2.02. The molecule has 0 aromatic heterocycles. The van der Waals surface area contributed by atoms with Crippen molar-refractivity contribution in [3.63, 3.8) is 0 Å². The summed E-state index contributed by atoms with van der Waals surface area (Å²) in [5, 5.41) is 0. The molecule has 0 saturated carbocycles. The van der Waals surface area contributed by atoms with E-state index in [1.54, 1.807) is 0 Å². The highest BCUT2D eigenvalue weighted by atomic mass is 16.5. The lowest BCUT2D eigenvalue weighted by Gasteiger charge is -2.03. The van der Waals surface area contributed by atoms with Gasteiger partial charge in [0.25, 0.3) is 0 Å². The zero-order valence-electron chi connectivity index (χ0n) is 13.5. The van der Waals surface area contributed by atoms with Crippen LogP contribution in [0.2, 0.25) is 0 Å². The molecular weight excluding hydrogens is 272 g/mol. The van der Waals surface area contributed by atoms with Gasteiger partial charge in [0.15, 0.2) is 0 Å². The van der Waals surface area contributed by atoms with Crippen molar-refractivity contribution in [3.05, 3.63) is 58.2 Å². The van der Waals surface area contributed by atoms with Crippen molar-refractivity contribution in [2.24, 2.45) is 0 Å². The smallest absolute Gasteiger partial charge is 0.338 e. The second-order valence-electron chi connectivity index (χ2n) is 5.84. The molecular formula is C20H22O2. The van der Waals surface area contributed by atoms with Gasteiger partial charge in [-0.25, -0.2) is 4.79 Å². The maximum absolute atomic E-state index is 12.1. The van der Waals surface area contributed by atoms with Crippen molar-refractivity contribution >= 4 is 17.1 Å². The molecule has 0 spiro atoms. The second-order valence-corrected chi connectivity index (χ2v) is 5.84. The van der Waals surface area contributed by atoms with Gasteiger partial charge in [0.05, 0.1) is 12.7 Å². The van der Waals surface area contributed by atoms with E-state index in [-0.39, 0.29) is 5.97 Å². The Bertz CT molecular complexity index is 699. The van der Waals surface area contributed by atoms with E-state index >= 15 is 0 Å². The molecule has 0 amide bonds. The first-order valence-electron chi connectivity index (χ1n) is 8.09. The van der Waals surface area contributed by atoms with E-state index in [4.69, 9.17) is 4.74 Å². The van der Waals surface area contributed by atoms with Crippen molar-refractivity contribution in [2.75, 3.05) is 7.11 Å². The van der Waals surface area contributed by atoms with Gasteiger partial charge in [0, 0.05) is 0 Å². The number of carbonyl (C=O) groups excluding carboxylic acids is 1. The van der Waals surface area contributed by atoms with Crippen LogP contribution in [0.25, 0.3) is 11.1 Å². The van der Waals surface area contributed by atoms with Crippen molar-refractivity contribution in [1.82, 2.24) is 0 Å². The first-order chi connectivity index (χ1) is 10.7. The highest BCUT2D eigenvalue weighted by Gasteiger charge is 2.34. The van der Waals surface area contributed by atoms with Gasteiger partial charge in [-0.3, -0.25) is 0 Å². The zero-order chi connectivity index (χ0) is 15.7. The van der Waals surface area contributed by atoms with Crippen LogP contribution in [-0.4, -0.2) is 13.1 Å². The van der Waals surface area contributed by atoms with Crippen LogP contribution in [0.15, 0.2) is 47.1 Å². The molecule has 2 nitrogen and oxygen atoms in total. The number of hydrogen-bond donors (Lipinski definition) is 0. The summed E-state index contributed by atoms with van der Waals surface area (Å²) in [5.74, 6) is -0.252. The van der Waals surface area contributed by atoms with E-state index in [1.165, 1.54) is 29.4 Å². The average molecular weight is 294 g/mol. The van der Waals surface area contributed by atoms with Crippen LogP contribution in [0.5, 0.6) is 0 Å². The summed E-state index contributed by atoms with van der Waals surface area (Å²) in [4.78, 5) is 12.1. The fourth-order valence-electron chi connectivity index (χ4n) is 3.39. The highest BCUT2D eigenvalue weighted by molar-refractivity contribution is 6.24. The molecule has 0 heterocycles. The number of carbonyl (C=O) groups is 1. The van der Waals surface area contributed by atoms with Crippen molar-refractivity contribution in [2.45, 2.75) is 39.5 Å². The summed E-state index contributed by atoms with van der Waals surface area (Å²) >= 11 is 0. The molecule has 2 aliphatic carbocycles. The van der Waals surface area contributed by atoms with Gasteiger partial charge in [-0.2, -0.15) is 0 Å². The first kappa shape index (κ1) is 14.8. The van der Waals surface area contributed by atoms with Crippen LogP contribution in [0, 0.1) is 0 Å². The second kappa shape index (κ2) is 5.96. The topological polar surface area (TPSA) is 26.3 Å². The fraction of sp³-hybridized carbons (Fsp3) is 0.350. The lowest BCUT2D eigenvalue weighted by molar-refractivity contribution is -0.133. The summed E-state index contributed by atoms with van der Waals surface area (Å²) in [6, 6.07) is 8.13. The summed E-state index contributed by atoms with van der Waals surface area (Å²) in [7, 11) is 1.44. The van der Waals surface area contributed by atoms with E-state index < -0.39 is 0 Å². The summed E-state index contributed by atoms with van der Waals surface area (Å²) in [6.45, 7) is 4.44. The molecule has 0 unspecified atom stereocenters. The maximum atomic E-state index is 12.1. The van der Waals surface area contributed by atoms with Gasteiger partial charge < -0.3 is 4.74 Å². The minimum absolute atomic E-state index is 0.252. The van der Waals surface area contributed by atoms with Gasteiger partial charge in [-0.1, -0.05) is 51.0 Å². The molecule has 0 bridgehead atoms. The molecule has 1 aromatic rings.